The lowest BCUT2D eigenvalue weighted by Gasteiger charge is -1.91. The summed E-state index contributed by atoms with van der Waals surface area (Å²) in [6.07, 6.45) is 4.43. The highest BCUT2D eigenvalue weighted by Gasteiger charge is 2.13. The molecule has 6 nitrogen and oxygen atoms in total. The summed E-state index contributed by atoms with van der Waals surface area (Å²) >= 11 is 0. The van der Waals surface area contributed by atoms with E-state index in [1.807, 2.05) is 0 Å². The minimum atomic E-state index is -0.500. The van der Waals surface area contributed by atoms with E-state index in [4.69, 9.17) is 9.90 Å². The number of quaternary nitrogens is 1. The molecule has 0 fully saturated rings. The van der Waals surface area contributed by atoms with E-state index in [0.717, 1.165) is 30.5 Å². The SMILES string of the molecule is O=C[O-].O=c1[nH]cnc2c1CCC2.[NH4+]. The second-order valence-electron chi connectivity index (χ2n) is 2.61. The zero-order valence-electron chi connectivity index (χ0n) is 7.95. The first-order valence-electron chi connectivity index (χ1n) is 3.90. The molecule has 0 spiro atoms. The maximum Gasteiger partial charge on any atom is 0.254 e. The molecule has 0 aliphatic heterocycles. The Hall–Kier alpha value is -1.69. The van der Waals surface area contributed by atoms with Gasteiger partial charge in [-0.15, -0.1) is 0 Å². The number of rotatable bonds is 0. The summed E-state index contributed by atoms with van der Waals surface area (Å²) < 4.78 is 0. The average molecular weight is 199 g/mol. The molecule has 0 atom stereocenters. The molecule has 0 bridgehead atoms. The van der Waals surface area contributed by atoms with Gasteiger partial charge in [0.2, 0.25) is 0 Å². The van der Waals surface area contributed by atoms with Crippen molar-refractivity contribution in [2.75, 3.05) is 0 Å². The molecule has 1 aliphatic carbocycles. The van der Waals surface area contributed by atoms with Crippen LogP contribution in [0.25, 0.3) is 0 Å². The third-order valence-electron chi connectivity index (χ3n) is 1.88. The van der Waals surface area contributed by atoms with Crippen LogP contribution in [-0.4, -0.2) is 16.4 Å². The molecule has 0 saturated carbocycles. The van der Waals surface area contributed by atoms with Gasteiger partial charge in [0.1, 0.15) is 0 Å². The van der Waals surface area contributed by atoms with Crippen molar-refractivity contribution in [3.8, 4) is 0 Å². The standard InChI is InChI=1S/C7H8N2O.CH2O2.H3N/c10-7-5-2-1-3-6(5)8-4-9-7;2-1-3;/h4H,1-3H2,(H,8,9,10);1H,(H,2,3);1H3. The molecule has 1 heterocycles. The molecule has 2 rings (SSSR count). The van der Waals surface area contributed by atoms with Gasteiger partial charge in [-0.05, 0) is 19.3 Å². The highest BCUT2D eigenvalue weighted by molar-refractivity contribution is 5.29. The molecule has 0 unspecified atom stereocenters. The summed E-state index contributed by atoms with van der Waals surface area (Å²) in [4.78, 5) is 25.9. The van der Waals surface area contributed by atoms with Gasteiger partial charge in [-0.2, -0.15) is 0 Å². The molecule has 0 amide bonds. The van der Waals surface area contributed by atoms with Crippen molar-refractivity contribution in [3.05, 3.63) is 27.9 Å². The number of aromatic nitrogens is 2. The maximum absolute atomic E-state index is 11.0. The molecular formula is C8H13N3O3. The van der Waals surface area contributed by atoms with Crippen LogP contribution in [0.4, 0.5) is 0 Å². The maximum atomic E-state index is 11.0. The Morgan fingerprint density at radius 3 is 2.71 bits per heavy atom. The molecular weight excluding hydrogens is 186 g/mol. The zero-order valence-corrected chi connectivity index (χ0v) is 7.95. The molecule has 1 aromatic heterocycles. The summed E-state index contributed by atoms with van der Waals surface area (Å²) in [6, 6.07) is 0. The zero-order chi connectivity index (χ0) is 9.68. The topological polar surface area (TPSA) is 122 Å². The van der Waals surface area contributed by atoms with E-state index >= 15 is 0 Å². The Bertz CT molecular complexity index is 348. The first-order chi connectivity index (χ1) is 6.29. The van der Waals surface area contributed by atoms with Crippen LogP contribution in [0.15, 0.2) is 11.1 Å². The number of carboxylic acid groups (broad SMARTS) is 1. The van der Waals surface area contributed by atoms with Crippen LogP contribution in [0.3, 0.4) is 0 Å². The normalized spacial score (nSPS) is 11.7. The van der Waals surface area contributed by atoms with E-state index in [1.54, 1.807) is 0 Å². The van der Waals surface area contributed by atoms with Crippen molar-refractivity contribution in [1.29, 1.82) is 0 Å². The Balaban J connectivity index is 0.000000381. The molecule has 1 aromatic rings. The predicted molar refractivity (Wildman–Crippen MR) is 48.9 cm³/mol. The number of carbonyl (C=O) groups excluding carboxylic acids is 1. The minimum Gasteiger partial charge on any atom is -0.554 e. The number of nitrogens with zero attached hydrogens (tertiary/aromatic N) is 1. The molecule has 5 N–H and O–H groups in total. The number of hydrogen-bond donors (Lipinski definition) is 2. The third-order valence-corrected chi connectivity index (χ3v) is 1.88. The predicted octanol–water partition coefficient (Wildman–Crippen LogP) is -0.999. The quantitative estimate of drug-likeness (QED) is 0.520. The molecule has 0 saturated heterocycles. The van der Waals surface area contributed by atoms with Gasteiger partial charge in [0.15, 0.2) is 0 Å². The fourth-order valence-corrected chi connectivity index (χ4v) is 1.37. The van der Waals surface area contributed by atoms with Crippen molar-refractivity contribution >= 4 is 6.47 Å². The Morgan fingerprint density at radius 1 is 1.50 bits per heavy atom. The van der Waals surface area contributed by atoms with Gasteiger partial charge in [0.05, 0.1) is 12.0 Å². The molecule has 0 aromatic carbocycles. The summed E-state index contributed by atoms with van der Waals surface area (Å²) in [5.74, 6) is 0. The Morgan fingerprint density at radius 2 is 2.14 bits per heavy atom. The fourth-order valence-electron chi connectivity index (χ4n) is 1.37. The summed E-state index contributed by atoms with van der Waals surface area (Å²) in [7, 11) is 0. The van der Waals surface area contributed by atoms with Gasteiger partial charge in [-0.1, -0.05) is 0 Å². The van der Waals surface area contributed by atoms with Crippen molar-refractivity contribution in [3.63, 3.8) is 0 Å². The second-order valence-corrected chi connectivity index (χ2v) is 2.61. The second kappa shape index (κ2) is 5.87. The van der Waals surface area contributed by atoms with E-state index < -0.39 is 6.47 Å². The summed E-state index contributed by atoms with van der Waals surface area (Å²) in [5, 5.41) is 8.25. The van der Waals surface area contributed by atoms with Crippen molar-refractivity contribution in [2.24, 2.45) is 0 Å². The van der Waals surface area contributed by atoms with Crippen LogP contribution in [0.5, 0.6) is 0 Å². The highest BCUT2D eigenvalue weighted by Crippen LogP contribution is 2.13. The number of H-pyrrole nitrogens is 1. The lowest BCUT2D eigenvalue weighted by molar-refractivity contribution is -0.283. The van der Waals surface area contributed by atoms with Crippen LogP contribution in [0, 0.1) is 0 Å². The van der Waals surface area contributed by atoms with E-state index in [-0.39, 0.29) is 11.7 Å². The highest BCUT2D eigenvalue weighted by atomic mass is 16.3. The third kappa shape index (κ3) is 2.67. The van der Waals surface area contributed by atoms with E-state index in [2.05, 4.69) is 9.97 Å². The first kappa shape index (κ1) is 12.3. The number of carbonyl (C=O) groups is 1. The number of hydrogen-bond acceptors (Lipinski definition) is 4. The summed E-state index contributed by atoms with van der Waals surface area (Å²) in [5.41, 5.74) is 1.92. The van der Waals surface area contributed by atoms with Crippen molar-refractivity contribution in [2.45, 2.75) is 19.3 Å². The van der Waals surface area contributed by atoms with E-state index in [0.29, 0.717) is 0 Å². The lowest BCUT2D eigenvalue weighted by Crippen LogP contribution is -2.12. The van der Waals surface area contributed by atoms with Crippen molar-refractivity contribution in [1.82, 2.24) is 16.1 Å². The molecule has 0 radical (unpaired) electrons. The smallest absolute Gasteiger partial charge is 0.254 e. The molecule has 14 heavy (non-hydrogen) atoms. The largest absolute Gasteiger partial charge is 0.554 e. The lowest BCUT2D eigenvalue weighted by atomic mass is 10.3. The van der Waals surface area contributed by atoms with Crippen LogP contribution in [0.2, 0.25) is 0 Å². The fraction of sp³-hybridized carbons (Fsp3) is 0.375. The van der Waals surface area contributed by atoms with E-state index in [1.165, 1.54) is 6.33 Å². The number of fused-ring (bicyclic) bond motifs is 1. The Labute approximate surface area is 80.6 Å². The van der Waals surface area contributed by atoms with Gasteiger partial charge in [0.25, 0.3) is 5.56 Å². The number of aromatic amines is 1. The number of nitrogens with one attached hydrogen (secondary N) is 1. The van der Waals surface area contributed by atoms with Gasteiger partial charge < -0.3 is 21.0 Å². The van der Waals surface area contributed by atoms with Gasteiger partial charge >= 0.3 is 0 Å². The van der Waals surface area contributed by atoms with Gasteiger partial charge in [-0.25, -0.2) is 4.98 Å². The van der Waals surface area contributed by atoms with Crippen LogP contribution in [-0.2, 0) is 17.6 Å². The Kier molecular flexibility index (Phi) is 5.16. The van der Waals surface area contributed by atoms with Gasteiger partial charge in [0, 0.05) is 12.0 Å². The van der Waals surface area contributed by atoms with Crippen LogP contribution in [0.1, 0.15) is 17.7 Å². The van der Waals surface area contributed by atoms with Crippen LogP contribution < -0.4 is 16.8 Å². The monoisotopic (exact) mass is 199 g/mol. The molecule has 78 valence electrons. The summed E-state index contributed by atoms with van der Waals surface area (Å²) in [6.45, 7) is -0.500. The molecule has 1 aliphatic rings. The van der Waals surface area contributed by atoms with Crippen LogP contribution >= 0.6 is 0 Å². The first-order valence-corrected chi connectivity index (χ1v) is 3.90. The van der Waals surface area contributed by atoms with Gasteiger partial charge in [-0.3, -0.25) is 4.79 Å². The minimum absolute atomic E-state index is 0. The van der Waals surface area contributed by atoms with Crippen molar-refractivity contribution < 1.29 is 9.90 Å². The number of aryl methyl sites for hydroxylation is 1. The average Bonchev–Trinajstić information content (AvgIpc) is 2.54. The van der Waals surface area contributed by atoms with E-state index in [9.17, 15) is 4.79 Å². The molecule has 6 heteroatoms.